The maximum atomic E-state index is 12.9. The summed E-state index contributed by atoms with van der Waals surface area (Å²) >= 11 is 0. The minimum Gasteiger partial charge on any atom is -0.352 e. The molecule has 2 fully saturated rings. The Morgan fingerprint density at radius 2 is 1.88 bits per heavy atom. The van der Waals surface area contributed by atoms with Gasteiger partial charge in [0.2, 0.25) is 5.91 Å². The third-order valence-corrected chi connectivity index (χ3v) is 7.96. The van der Waals surface area contributed by atoms with Crippen LogP contribution in [0.15, 0.2) is 0 Å². The summed E-state index contributed by atoms with van der Waals surface area (Å²) in [5.41, 5.74) is -0.215. The molecule has 2 saturated carbocycles. The number of carbonyl (C=O) groups is 1. The van der Waals surface area contributed by atoms with Crippen LogP contribution >= 0.6 is 8.58 Å². The van der Waals surface area contributed by atoms with Crippen molar-refractivity contribution >= 4 is 14.5 Å². The minimum absolute atomic E-state index is 0.215. The first-order valence-electron chi connectivity index (χ1n) is 10.3. The van der Waals surface area contributed by atoms with E-state index in [0.29, 0.717) is 23.8 Å². The summed E-state index contributed by atoms with van der Waals surface area (Å²) in [6.07, 6.45) is 11.5. The zero-order valence-corrected chi connectivity index (χ0v) is 17.7. The second-order valence-corrected chi connectivity index (χ2v) is 10.9. The molecule has 1 amide bonds. The van der Waals surface area contributed by atoms with E-state index in [4.69, 9.17) is 0 Å². The van der Waals surface area contributed by atoms with E-state index < -0.39 is 0 Å². The molecule has 2 rings (SSSR count). The van der Waals surface area contributed by atoms with Gasteiger partial charge in [0, 0.05) is 11.5 Å². The molecular formula is C21H40NOP. The quantitative estimate of drug-likeness (QED) is 0.456. The van der Waals surface area contributed by atoms with E-state index in [1.165, 1.54) is 50.8 Å². The molecule has 0 aromatic rings. The van der Waals surface area contributed by atoms with Crippen LogP contribution in [0.4, 0.5) is 0 Å². The molecular weight excluding hydrogens is 313 g/mol. The maximum Gasteiger partial charge on any atom is 0.225 e. The second-order valence-electron chi connectivity index (χ2n) is 9.39. The van der Waals surface area contributed by atoms with Gasteiger partial charge in [0.25, 0.3) is 0 Å². The highest BCUT2D eigenvalue weighted by atomic mass is 31.1. The Balaban J connectivity index is 1.85. The molecule has 2 aliphatic rings. The normalized spacial score (nSPS) is 33.8. The third-order valence-electron chi connectivity index (χ3n) is 6.40. The summed E-state index contributed by atoms with van der Waals surface area (Å²) in [7, 11) is 1.08. The lowest BCUT2D eigenvalue weighted by atomic mass is 9.63. The van der Waals surface area contributed by atoms with Crippen LogP contribution in [0.1, 0.15) is 79.6 Å². The number of carbonyl (C=O) groups excluding carboxylic acids is 1. The van der Waals surface area contributed by atoms with E-state index in [0.717, 1.165) is 26.8 Å². The van der Waals surface area contributed by atoms with Crippen LogP contribution in [-0.2, 0) is 4.79 Å². The zero-order chi connectivity index (χ0) is 17.7. The number of rotatable bonds is 8. The Hall–Kier alpha value is -0.100. The van der Waals surface area contributed by atoms with Gasteiger partial charge in [0.1, 0.15) is 0 Å². The molecule has 6 unspecified atom stereocenters. The van der Waals surface area contributed by atoms with Gasteiger partial charge in [-0.2, -0.15) is 0 Å². The van der Waals surface area contributed by atoms with Gasteiger partial charge in [-0.25, -0.2) is 0 Å². The lowest BCUT2D eigenvalue weighted by Crippen LogP contribution is -2.53. The highest BCUT2D eigenvalue weighted by Crippen LogP contribution is 2.45. The highest BCUT2D eigenvalue weighted by Gasteiger charge is 2.41. The summed E-state index contributed by atoms with van der Waals surface area (Å²) in [5.74, 6) is 3.41. The predicted molar refractivity (Wildman–Crippen MR) is 107 cm³/mol. The lowest BCUT2D eigenvalue weighted by Gasteiger charge is -2.47. The fourth-order valence-electron chi connectivity index (χ4n) is 5.10. The van der Waals surface area contributed by atoms with E-state index in [2.05, 4.69) is 39.9 Å². The number of hydrogen-bond acceptors (Lipinski definition) is 1. The van der Waals surface area contributed by atoms with Crippen LogP contribution < -0.4 is 5.32 Å². The smallest absolute Gasteiger partial charge is 0.225 e. The van der Waals surface area contributed by atoms with Crippen molar-refractivity contribution in [1.82, 2.24) is 5.32 Å². The highest BCUT2D eigenvalue weighted by molar-refractivity contribution is 7.37. The number of amides is 1. The molecule has 3 heteroatoms. The van der Waals surface area contributed by atoms with Crippen molar-refractivity contribution in [3.63, 3.8) is 0 Å². The molecule has 0 radical (unpaired) electrons. The van der Waals surface area contributed by atoms with Crippen molar-refractivity contribution in [3.8, 4) is 0 Å². The number of nitrogens with one attached hydrogen (secondary N) is 1. The van der Waals surface area contributed by atoms with E-state index in [9.17, 15) is 4.79 Å². The van der Waals surface area contributed by atoms with Gasteiger partial charge in [0.15, 0.2) is 0 Å². The fourth-order valence-corrected chi connectivity index (χ4v) is 6.13. The van der Waals surface area contributed by atoms with Crippen LogP contribution in [0.5, 0.6) is 0 Å². The van der Waals surface area contributed by atoms with Crippen LogP contribution in [0.25, 0.3) is 0 Å². The molecule has 2 aliphatic carbocycles. The summed E-state index contributed by atoms with van der Waals surface area (Å²) in [4.78, 5) is 12.9. The molecule has 0 aliphatic heterocycles. The van der Waals surface area contributed by atoms with Crippen LogP contribution in [0.3, 0.4) is 0 Å². The average molecular weight is 354 g/mol. The summed E-state index contributed by atoms with van der Waals surface area (Å²) < 4.78 is 0. The topological polar surface area (TPSA) is 29.1 Å². The van der Waals surface area contributed by atoms with Gasteiger partial charge in [-0.15, -0.1) is 8.58 Å². The van der Waals surface area contributed by atoms with Crippen LogP contribution in [0.2, 0.25) is 0 Å². The molecule has 24 heavy (non-hydrogen) atoms. The van der Waals surface area contributed by atoms with Crippen molar-refractivity contribution in [2.45, 2.75) is 85.6 Å². The Labute approximate surface area is 152 Å². The molecule has 0 aromatic heterocycles. The number of fused-ring (bicyclic) bond motifs is 2. The second kappa shape index (κ2) is 9.02. The Morgan fingerprint density at radius 1 is 1.12 bits per heavy atom. The Bertz CT molecular complexity index is 405. The van der Waals surface area contributed by atoms with Crippen molar-refractivity contribution in [1.29, 1.82) is 0 Å². The molecule has 6 atom stereocenters. The standard InChI is InChI=1S/C21H40NOP/c1-6-9-24-10-7-8-21(4,5)20(23)22-19-16(3)13-17-11-15(2)12-18(19)14-17/h15-19,24H,6-14H2,1-5H3,(H,22,23). The molecule has 2 bridgehead atoms. The first-order chi connectivity index (χ1) is 11.3. The van der Waals surface area contributed by atoms with Crippen molar-refractivity contribution in [2.75, 3.05) is 12.3 Å². The summed E-state index contributed by atoms with van der Waals surface area (Å²) in [5, 5.41) is 3.50. The van der Waals surface area contributed by atoms with Crippen molar-refractivity contribution < 1.29 is 4.79 Å². The van der Waals surface area contributed by atoms with Crippen LogP contribution in [-0.4, -0.2) is 24.3 Å². The first-order valence-corrected chi connectivity index (χ1v) is 11.8. The molecule has 2 nitrogen and oxygen atoms in total. The van der Waals surface area contributed by atoms with Gasteiger partial charge in [0.05, 0.1) is 0 Å². The SMILES string of the molecule is CCCPCCCC(C)(C)C(=O)NC1C(C)CC2CC(C)CC1C2. The lowest BCUT2D eigenvalue weighted by molar-refractivity contribution is -0.132. The van der Waals surface area contributed by atoms with E-state index in [-0.39, 0.29) is 5.41 Å². The fraction of sp³-hybridized carbons (Fsp3) is 0.952. The van der Waals surface area contributed by atoms with Gasteiger partial charge < -0.3 is 5.32 Å². The first kappa shape index (κ1) is 20.2. The monoisotopic (exact) mass is 353 g/mol. The molecule has 0 heterocycles. The van der Waals surface area contributed by atoms with E-state index in [1.54, 1.807) is 0 Å². The molecule has 0 aromatic carbocycles. The van der Waals surface area contributed by atoms with Gasteiger partial charge in [-0.1, -0.05) is 41.0 Å². The van der Waals surface area contributed by atoms with Gasteiger partial charge >= 0.3 is 0 Å². The Morgan fingerprint density at radius 3 is 2.58 bits per heavy atom. The molecule has 0 spiro atoms. The molecule has 140 valence electrons. The van der Waals surface area contributed by atoms with Gasteiger partial charge in [-0.05, 0) is 74.5 Å². The third kappa shape index (κ3) is 5.45. The minimum atomic E-state index is -0.215. The predicted octanol–water partition coefficient (Wildman–Crippen LogP) is 5.46. The largest absolute Gasteiger partial charge is 0.352 e. The van der Waals surface area contributed by atoms with E-state index >= 15 is 0 Å². The maximum absolute atomic E-state index is 12.9. The zero-order valence-electron chi connectivity index (χ0n) is 16.7. The van der Waals surface area contributed by atoms with E-state index in [1.807, 2.05) is 0 Å². The number of hydrogen-bond donors (Lipinski definition) is 1. The van der Waals surface area contributed by atoms with Gasteiger partial charge in [-0.3, -0.25) is 4.79 Å². The van der Waals surface area contributed by atoms with Crippen LogP contribution in [0, 0.1) is 29.1 Å². The molecule has 0 saturated heterocycles. The summed E-state index contributed by atoms with van der Waals surface area (Å²) in [6, 6.07) is 0.415. The molecule has 1 N–H and O–H groups in total. The average Bonchev–Trinajstić information content (AvgIpc) is 2.50. The Kier molecular flexibility index (Phi) is 7.60. The van der Waals surface area contributed by atoms with Crippen molar-refractivity contribution in [2.24, 2.45) is 29.1 Å². The summed E-state index contributed by atoms with van der Waals surface area (Å²) in [6.45, 7) is 11.3. The van der Waals surface area contributed by atoms with Crippen molar-refractivity contribution in [3.05, 3.63) is 0 Å².